The highest BCUT2D eigenvalue weighted by Crippen LogP contribution is 2.31. The van der Waals surface area contributed by atoms with Crippen molar-refractivity contribution in [3.63, 3.8) is 0 Å². The Bertz CT molecular complexity index is 1150. The van der Waals surface area contributed by atoms with E-state index in [2.05, 4.69) is 52.9 Å². The van der Waals surface area contributed by atoms with Crippen molar-refractivity contribution in [2.75, 3.05) is 36.4 Å². The third-order valence-corrected chi connectivity index (χ3v) is 5.83. The van der Waals surface area contributed by atoms with E-state index in [0.29, 0.717) is 11.7 Å². The second kappa shape index (κ2) is 9.29. The Kier molecular flexibility index (Phi) is 6.58. The van der Waals surface area contributed by atoms with Crippen LogP contribution >= 0.6 is 0 Å². The Balaban J connectivity index is 1.53. The fourth-order valence-corrected chi connectivity index (χ4v) is 4.37. The number of piperazine rings is 1. The lowest BCUT2D eigenvalue weighted by Gasteiger charge is -2.43. The third kappa shape index (κ3) is 5.52. The molecule has 2 heterocycles. The maximum Gasteiger partial charge on any atom is 0.247 e. The fraction of sp³-hybridized carbons (Fsp3) is 0.440. The van der Waals surface area contributed by atoms with E-state index in [4.69, 9.17) is 0 Å². The van der Waals surface area contributed by atoms with Crippen molar-refractivity contribution >= 4 is 17.3 Å². The number of aryl methyl sites for hydroxylation is 1. The first-order valence-corrected chi connectivity index (χ1v) is 11.4. The van der Waals surface area contributed by atoms with E-state index < -0.39 is 11.6 Å². The summed E-state index contributed by atoms with van der Waals surface area (Å²) in [6.07, 6.45) is 1.32. The van der Waals surface area contributed by atoms with Crippen LogP contribution in [0.15, 0.2) is 36.7 Å². The highest BCUT2D eigenvalue weighted by Gasteiger charge is 2.29. The lowest BCUT2D eigenvalue weighted by atomic mass is 9.94. The molecule has 1 saturated heterocycles. The summed E-state index contributed by atoms with van der Waals surface area (Å²) in [6.45, 7) is 14.1. The van der Waals surface area contributed by atoms with Gasteiger partial charge in [0, 0.05) is 38.3 Å². The minimum Gasteiger partial charge on any atom is -0.366 e. The van der Waals surface area contributed by atoms with Gasteiger partial charge in [-0.25, -0.2) is 17.9 Å². The van der Waals surface area contributed by atoms with Crippen LogP contribution in [0.25, 0.3) is 5.69 Å². The van der Waals surface area contributed by atoms with Gasteiger partial charge in [-0.1, -0.05) is 20.8 Å². The first kappa shape index (κ1) is 24.1. The van der Waals surface area contributed by atoms with Crippen molar-refractivity contribution in [3.8, 4) is 5.69 Å². The third-order valence-electron chi connectivity index (χ3n) is 5.83. The SMILES string of the molecule is Cc1cc(Nc2ncn(-c3cc(F)cc(F)c3)n2)c(F)c(N2CCN(CC(C)(C)C)C(C)C2)c1. The minimum absolute atomic E-state index is 0.128. The summed E-state index contributed by atoms with van der Waals surface area (Å²) in [6, 6.07) is 6.93. The largest absolute Gasteiger partial charge is 0.366 e. The lowest BCUT2D eigenvalue weighted by Crippen LogP contribution is -2.54. The average Bonchev–Trinajstić information content (AvgIpc) is 3.19. The predicted molar refractivity (Wildman–Crippen MR) is 128 cm³/mol. The summed E-state index contributed by atoms with van der Waals surface area (Å²) in [5.74, 6) is -1.68. The normalized spacial score (nSPS) is 17.3. The maximum absolute atomic E-state index is 15.6. The number of benzene rings is 2. The van der Waals surface area contributed by atoms with Crippen LogP contribution in [0.3, 0.4) is 0 Å². The zero-order valence-corrected chi connectivity index (χ0v) is 20.2. The number of aromatic nitrogens is 3. The molecule has 1 aliphatic heterocycles. The molecule has 0 aliphatic carbocycles. The molecule has 1 aliphatic rings. The van der Waals surface area contributed by atoms with Crippen LogP contribution < -0.4 is 10.2 Å². The standard InChI is InChI=1S/C25H31F3N6/c1-16-8-21(30-24-29-15-34(31-24)20-11-18(26)10-19(27)12-20)23(28)22(9-16)32-6-7-33(17(2)13-32)14-25(3,4)5/h8-12,15,17H,6-7,13-14H2,1-5H3,(H,30,31). The molecule has 0 saturated carbocycles. The van der Waals surface area contributed by atoms with Crippen LogP contribution in [-0.4, -0.2) is 51.9 Å². The molecule has 6 nitrogen and oxygen atoms in total. The second-order valence-electron chi connectivity index (χ2n) is 10.2. The summed E-state index contributed by atoms with van der Waals surface area (Å²) in [5.41, 5.74) is 2.08. The topological polar surface area (TPSA) is 49.2 Å². The molecule has 1 atom stereocenters. The highest BCUT2D eigenvalue weighted by atomic mass is 19.1. The number of nitrogens with zero attached hydrogens (tertiary/aromatic N) is 5. The van der Waals surface area contributed by atoms with Gasteiger partial charge in [-0.05, 0) is 49.1 Å². The molecular weight excluding hydrogens is 441 g/mol. The van der Waals surface area contributed by atoms with E-state index in [0.717, 1.165) is 49.9 Å². The first-order chi connectivity index (χ1) is 16.0. The zero-order chi connectivity index (χ0) is 24.6. The van der Waals surface area contributed by atoms with Gasteiger partial charge in [0.05, 0.1) is 17.1 Å². The van der Waals surface area contributed by atoms with E-state index in [1.54, 1.807) is 6.07 Å². The molecule has 0 radical (unpaired) electrons. The predicted octanol–water partition coefficient (Wildman–Crippen LogP) is 5.29. The van der Waals surface area contributed by atoms with Crippen LogP contribution in [0.1, 0.15) is 33.3 Å². The summed E-state index contributed by atoms with van der Waals surface area (Å²) in [7, 11) is 0. The van der Waals surface area contributed by atoms with E-state index >= 15 is 4.39 Å². The number of hydrogen-bond donors (Lipinski definition) is 1. The van der Waals surface area contributed by atoms with Gasteiger partial charge in [-0.15, -0.1) is 5.10 Å². The monoisotopic (exact) mass is 472 g/mol. The van der Waals surface area contributed by atoms with E-state index in [-0.39, 0.29) is 28.6 Å². The molecule has 34 heavy (non-hydrogen) atoms. The van der Waals surface area contributed by atoms with Crippen molar-refractivity contribution in [1.29, 1.82) is 0 Å². The van der Waals surface area contributed by atoms with Crippen LogP contribution in [0.4, 0.5) is 30.5 Å². The van der Waals surface area contributed by atoms with Gasteiger partial charge in [-0.2, -0.15) is 4.98 Å². The van der Waals surface area contributed by atoms with Gasteiger partial charge in [0.2, 0.25) is 5.95 Å². The van der Waals surface area contributed by atoms with E-state index in [1.807, 2.05) is 13.0 Å². The molecule has 1 unspecified atom stereocenters. The van der Waals surface area contributed by atoms with Gasteiger partial charge in [0.15, 0.2) is 5.82 Å². The molecular formula is C25H31F3N6. The van der Waals surface area contributed by atoms with Crippen molar-refractivity contribution in [3.05, 3.63) is 59.7 Å². The van der Waals surface area contributed by atoms with Crippen LogP contribution in [-0.2, 0) is 0 Å². The summed E-state index contributed by atoms with van der Waals surface area (Å²) in [4.78, 5) is 8.66. The van der Waals surface area contributed by atoms with Crippen molar-refractivity contribution in [2.24, 2.45) is 5.41 Å². The second-order valence-corrected chi connectivity index (χ2v) is 10.2. The Morgan fingerprint density at radius 1 is 1.03 bits per heavy atom. The quantitative estimate of drug-likeness (QED) is 0.547. The Morgan fingerprint density at radius 2 is 1.74 bits per heavy atom. The van der Waals surface area contributed by atoms with E-state index in [9.17, 15) is 8.78 Å². The van der Waals surface area contributed by atoms with Crippen LogP contribution in [0.2, 0.25) is 0 Å². The number of halogens is 3. The number of rotatable bonds is 5. The summed E-state index contributed by atoms with van der Waals surface area (Å²) in [5, 5.41) is 7.12. The molecule has 2 aromatic carbocycles. The smallest absolute Gasteiger partial charge is 0.247 e. The molecule has 4 rings (SSSR count). The van der Waals surface area contributed by atoms with Crippen LogP contribution in [0, 0.1) is 29.8 Å². The van der Waals surface area contributed by atoms with Gasteiger partial charge in [0.1, 0.15) is 18.0 Å². The van der Waals surface area contributed by atoms with E-state index in [1.165, 1.54) is 11.0 Å². The van der Waals surface area contributed by atoms with Crippen molar-refractivity contribution in [2.45, 2.75) is 40.7 Å². The fourth-order valence-electron chi connectivity index (χ4n) is 4.37. The lowest BCUT2D eigenvalue weighted by molar-refractivity contribution is 0.133. The number of anilines is 3. The molecule has 0 spiro atoms. The van der Waals surface area contributed by atoms with Crippen LogP contribution in [0.5, 0.6) is 0 Å². The van der Waals surface area contributed by atoms with Gasteiger partial charge in [-0.3, -0.25) is 4.90 Å². The van der Waals surface area contributed by atoms with Crippen molar-refractivity contribution in [1.82, 2.24) is 19.7 Å². The Morgan fingerprint density at radius 3 is 2.38 bits per heavy atom. The molecule has 0 bridgehead atoms. The maximum atomic E-state index is 15.6. The molecule has 1 aromatic heterocycles. The van der Waals surface area contributed by atoms with Gasteiger partial charge in [0.25, 0.3) is 0 Å². The molecule has 1 fully saturated rings. The Labute approximate surface area is 198 Å². The molecule has 0 amide bonds. The number of hydrogen-bond acceptors (Lipinski definition) is 5. The molecule has 182 valence electrons. The summed E-state index contributed by atoms with van der Waals surface area (Å²) < 4.78 is 43.9. The average molecular weight is 473 g/mol. The molecule has 3 aromatic rings. The van der Waals surface area contributed by atoms with Gasteiger partial charge >= 0.3 is 0 Å². The highest BCUT2D eigenvalue weighted by molar-refractivity contribution is 5.65. The molecule has 1 N–H and O–H groups in total. The summed E-state index contributed by atoms with van der Waals surface area (Å²) >= 11 is 0. The Hall–Kier alpha value is -3.07. The first-order valence-electron chi connectivity index (χ1n) is 11.4. The number of nitrogens with one attached hydrogen (secondary N) is 1. The minimum atomic E-state index is -0.716. The zero-order valence-electron chi connectivity index (χ0n) is 20.2. The van der Waals surface area contributed by atoms with Crippen molar-refractivity contribution < 1.29 is 13.2 Å². The molecule has 9 heteroatoms. The van der Waals surface area contributed by atoms with Gasteiger partial charge < -0.3 is 10.2 Å².